The lowest BCUT2D eigenvalue weighted by Crippen LogP contribution is -2.52. The Morgan fingerprint density at radius 1 is 1.14 bits per heavy atom. The summed E-state index contributed by atoms with van der Waals surface area (Å²) in [7, 11) is 3.05. The summed E-state index contributed by atoms with van der Waals surface area (Å²) in [5, 5.41) is 2.85. The van der Waals surface area contributed by atoms with Gasteiger partial charge in [0.05, 0.1) is 20.8 Å². The quantitative estimate of drug-likeness (QED) is 0.632. The van der Waals surface area contributed by atoms with Gasteiger partial charge < -0.3 is 14.8 Å². The molecule has 1 aliphatic heterocycles. The van der Waals surface area contributed by atoms with E-state index in [9.17, 15) is 9.59 Å². The van der Waals surface area contributed by atoms with Crippen molar-refractivity contribution in [1.82, 2.24) is 15.1 Å². The minimum absolute atomic E-state index is 0.0348. The third kappa shape index (κ3) is 6.72. The lowest BCUT2D eigenvalue weighted by molar-refractivity contribution is -0.146. The van der Waals surface area contributed by atoms with Gasteiger partial charge in [0.2, 0.25) is 5.91 Å². The van der Waals surface area contributed by atoms with E-state index in [-0.39, 0.29) is 17.8 Å². The number of nitrogens with zero attached hydrogens (tertiary/aromatic N) is 2. The second-order valence-electron chi connectivity index (χ2n) is 7.82. The summed E-state index contributed by atoms with van der Waals surface area (Å²) >= 11 is 0. The van der Waals surface area contributed by atoms with E-state index in [1.807, 2.05) is 19.9 Å². The maximum Gasteiger partial charge on any atom is 0.328 e. The normalized spacial score (nSPS) is 17.4. The molecule has 1 aromatic carbocycles. The monoisotopic (exact) mass is 405 g/mol. The van der Waals surface area contributed by atoms with E-state index in [4.69, 9.17) is 9.47 Å². The van der Waals surface area contributed by atoms with Gasteiger partial charge in [0.25, 0.3) is 0 Å². The minimum atomic E-state index is -0.590. The Balaban J connectivity index is 1.84. The number of ether oxygens (including phenoxy) is 2. The van der Waals surface area contributed by atoms with Crippen molar-refractivity contribution in [3.63, 3.8) is 0 Å². The molecule has 1 heterocycles. The molecule has 1 saturated heterocycles. The average molecular weight is 406 g/mol. The number of esters is 1. The summed E-state index contributed by atoms with van der Waals surface area (Å²) in [6.07, 6.45) is 0.793. The second-order valence-corrected chi connectivity index (χ2v) is 7.82. The number of methoxy groups -OCH3 is 2. The summed E-state index contributed by atoms with van der Waals surface area (Å²) in [5.74, 6) is 0.433. The molecule has 0 spiro atoms. The van der Waals surface area contributed by atoms with Crippen LogP contribution in [0.15, 0.2) is 18.2 Å². The van der Waals surface area contributed by atoms with Crippen LogP contribution in [0.1, 0.15) is 31.4 Å². The molecule has 1 amide bonds. The molecule has 162 valence electrons. The topological polar surface area (TPSA) is 71.1 Å². The Kier molecular flexibility index (Phi) is 8.92. The summed E-state index contributed by atoms with van der Waals surface area (Å²) in [5.41, 5.74) is 2.41. The van der Waals surface area contributed by atoms with E-state index in [1.165, 1.54) is 18.2 Å². The smallest absolute Gasteiger partial charge is 0.328 e. The zero-order chi connectivity index (χ0) is 21.4. The van der Waals surface area contributed by atoms with Crippen LogP contribution in [0.25, 0.3) is 0 Å². The highest BCUT2D eigenvalue weighted by atomic mass is 16.5. The molecule has 0 aliphatic carbocycles. The first-order valence-electron chi connectivity index (χ1n) is 10.3. The van der Waals surface area contributed by atoms with Crippen LogP contribution in [-0.4, -0.2) is 74.7 Å². The van der Waals surface area contributed by atoms with Crippen LogP contribution in [0.3, 0.4) is 0 Å². The number of hydrogen-bond donors (Lipinski definition) is 1. The Hall–Kier alpha value is -2.12. The van der Waals surface area contributed by atoms with Crippen molar-refractivity contribution in [3.8, 4) is 5.75 Å². The SMILES string of the molecule is CC[C@@H](C)[C@@H](NC(=O)CN1CCN(Cc2cc(C)ccc2OC)CC1)C(=O)OC. The molecule has 0 saturated carbocycles. The van der Waals surface area contributed by atoms with Crippen molar-refractivity contribution < 1.29 is 19.1 Å². The second kappa shape index (κ2) is 11.2. The van der Waals surface area contributed by atoms with Gasteiger partial charge in [0.1, 0.15) is 11.8 Å². The first kappa shape index (κ1) is 23.2. The van der Waals surface area contributed by atoms with Crippen LogP contribution in [0.4, 0.5) is 0 Å². The lowest BCUT2D eigenvalue weighted by atomic mass is 9.99. The number of nitrogens with one attached hydrogen (secondary N) is 1. The van der Waals surface area contributed by atoms with E-state index in [2.05, 4.69) is 34.2 Å². The molecule has 0 radical (unpaired) electrons. The van der Waals surface area contributed by atoms with Gasteiger partial charge >= 0.3 is 5.97 Å². The van der Waals surface area contributed by atoms with E-state index < -0.39 is 6.04 Å². The molecule has 7 nitrogen and oxygen atoms in total. The van der Waals surface area contributed by atoms with Crippen molar-refractivity contribution in [2.45, 2.75) is 39.8 Å². The summed E-state index contributed by atoms with van der Waals surface area (Å²) < 4.78 is 10.3. The number of hydrogen-bond acceptors (Lipinski definition) is 6. The first-order valence-corrected chi connectivity index (χ1v) is 10.3. The van der Waals surface area contributed by atoms with Crippen molar-refractivity contribution in [2.24, 2.45) is 5.92 Å². The van der Waals surface area contributed by atoms with Gasteiger partial charge in [0.15, 0.2) is 0 Å². The van der Waals surface area contributed by atoms with E-state index >= 15 is 0 Å². The molecule has 0 unspecified atom stereocenters. The molecule has 1 aromatic rings. The number of carbonyl (C=O) groups excluding carboxylic acids is 2. The molecule has 1 N–H and O–H groups in total. The lowest BCUT2D eigenvalue weighted by Gasteiger charge is -2.35. The Morgan fingerprint density at radius 2 is 1.79 bits per heavy atom. The highest BCUT2D eigenvalue weighted by Crippen LogP contribution is 2.22. The number of carbonyl (C=O) groups is 2. The summed E-state index contributed by atoms with van der Waals surface area (Å²) in [6, 6.07) is 5.65. The fourth-order valence-corrected chi connectivity index (χ4v) is 3.60. The molecule has 0 aromatic heterocycles. The van der Waals surface area contributed by atoms with Crippen molar-refractivity contribution in [2.75, 3.05) is 46.9 Å². The molecule has 1 fully saturated rings. The maximum absolute atomic E-state index is 12.5. The summed E-state index contributed by atoms with van der Waals surface area (Å²) in [6.45, 7) is 10.6. The Morgan fingerprint density at radius 3 is 2.38 bits per heavy atom. The third-order valence-corrected chi connectivity index (χ3v) is 5.65. The Bertz CT molecular complexity index is 687. The number of rotatable bonds is 9. The zero-order valence-corrected chi connectivity index (χ0v) is 18.4. The van der Waals surface area contributed by atoms with E-state index in [1.54, 1.807) is 7.11 Å². The molecule has 29 heavy (non-hydrogen) atoms. The van der Waals surface area contributed by atoms with Gasteiger partial charge in [0, 0.05) is 38.3 Å². The molecule has 2 atom stereocenters. The maximum atomic E-state index is 12.5. The molecular formula is C22H35N3O4. The van der Waals surface area contributed by atoms with Gasteiger partial charge in [-0.25, -0.2) is 4.79 Å². The van der Waals surface area contributed by atoms with E-state index in [0.29, 0.717) is 6.54 Å². The van der Waals surface area contributed by atoms with Crippen LogP contribution in [0.5, 0.6) is 5.75 Å². The van der Waals surface area contributed by atoms with Crippen LogP contribution < -0.4 is 10.1 Å². The largest absolute Gasteiger partial charge is 0.496 e. The average Bonchev–Trinajstić information content (AvgIpc) is 2.72. The summed E-state index contributed by atoms with van der Waals surface area (Å²) in [4.78, 5) is 28.9. The fraction of sp³-hybridized carbons (Fsp3) is 0.636. The van der Waals surface area contributed by atoms with Gasteiger partial charge in [-0.2, -0.15) is 0 Å². The number of benzene rings is 1. The van der Waals surface area contributed by atoms with Crippen molar-refractivity contribution >= 4 is 11.9 Å². The molecular weight excluding hydrogens is 370 g/mol. The van der Waals surface area contributed by atoms with E-state index in [0.717, 1.165) is 44.9 Å². The Labute approximate surface area is 174 Å². The molecule has 2 rings (SSSR count). The van der Waals surface area contributed by atoms with Crippen molar-refractivity contribution in [1.29, 1.82) is 0 Å². The highest BCUT2D eigenvalue weighted by Gasteiger charge is 2.28. The fourth-order valence-electron chi connectivity index (χ4n) is 3.60. The standard InChI is InChI=1S/C22H35N3O4/c1-6-17(3)21(22(27)29-5)23-20(26)15-25-11-9-24(10-12-25)14-18-13-16(2)7-8-19(18)28-4/h7-8,13,17,21H,6,9-12,14-15H2,1-5H3,(H,23,26)/t17-,21-/m1/s1. The first-order chi connectivity index (χ1) is 13.9. The third-order valence-electron chi connectivity index (χ3n) is 5.65. The zero-order valence-electron chi connectivity index (χ0n) is 18.4. The van der Waals surface area contributed by atoms with Gasteiger partial charge in [-0.1, -0.05) is 38.0 Å². The van der Waals surface area contributed by atoms with Crippen LogP contribution in [-0.2, 0) is 20.9 Å². The predicted octanol–water partition coefficient (Wildman–Crippen LogP) is 1.83. The van der Waals surface area contributed by atoms with Gasteiger partial charge in [-0.05, 0) is 18.9 Å². The van der Waals surface area contributed by atoms with Gasteiger partial charge in [-0.15, -0.1) is 0 Å². The van der Waals surface area contributed by atoms with Crippen LogP contribution in [0, 0.1) is 12.8 Å². The number of aryl methyl sites for hydroxylation is 1. The highest BCUT2D eigenvalue weighted by molar-refractivity contribution is 5.85. The minimum Gasteiger partial charge on any atom is -0.496 e. The van der Waals surface area contributed by atoms with Crippen molar-refractivity contribution in [3.05, 3.63) is 29.3 Å². The van der Waals surface area contributed by atoms with Gasteiger partial charge in [-0.3, -0.25) is 14.6 Å². The molecule has 7 heteroatoms. The predicted molar refractivity (Wildman–Crippen MR) is 113 cm³/mol. The molecule has 1 aliphatic rings. The number of piperazine rings is 1. The van der Waals surface area contributed by atoms with Crippen LogP contribution in [0.2, 0.25) is 0 Å². The molecule has 0 bridgehead atoms. The number of amides is 1. The van der Waals surface area contributed by atoms with Crippen LogP contribution >= 0.6 is 0 Å².